The lowest BCUT2D eigenvalue weighted by atomic mass is 9.84. The Morgan fingerprint density at radius 2 is 1.86 bits per heavy atom. The molecule has 1 fully saturated rings. The van der Waals surface area contributed by atoms with Gasteiger partial charge in [0, 0.05) is 0 Å². The molecule has 0 heterocycles. The lowest BCUT2D eigenvalue weighted by molar-refractivity contribution is 0.295. The third kappa shape index (κ3) is 3.63. The molecule has 0 bridgehead atoms. The van der Waals surface area contributed by atoms with Crippen molar-refractivity contribution in [1.82, 2.24) is 0 Å². The van der Waals surface area contributed by atoms with Crippen molar-refractivity contribution >= 4 is 0 Å². The van der Waals surface area contributed by atoms with Crippen molar-refractivity contribution in [2.45, 2.75) is 72.1 Å². The van der Waals surface area contributed by atoms with Crippen LogP contribution in [0.25, 0.3) is 0 Å². The molecule has 1 aliphatic rings. The zero-order chi connectivity index (χ0) is 10.4. The Hall–Kier alpha value is 0. The molecule has 0 aliphatic heterocycles. The van der Waals surface area contributed by atoms with E-state index in [1.807, 2.05) is 0 Å². The highest BCUT2D eigenvalue weighted by atomic mass is 14.3. The summed E-state index contributed by atoms with van der Waals surface area (Å²) in [5.74, 6) is 3.12. The molecule has 0 nitrogen and oxygen atoms in total. The standard InChI is InChI=1S/C14H28/c1-4-6-8-12(3)11-14-10-7-9-13(14)5-2/h12-14H,4-11H2,1-3H3. The van der Waals surface area contributed by atoms with E-state index in [1.54, 1.807) is 0 Å². The van der Waals surface area contributed by atoms with E-state index in [4.69, 9.17) is 0 Å². The van der Waals surface area contributed by atoms with Gasteiger partial charge in [-0.2, -0.15) is 0 Å². The Labute approximate surface area is 90.5 Å². The van der Waals surface area contributed by atoms with Crippen LogP contribution < -0.4 is 0 Å². The van der Waals surface area contributed by atoms with Crippen LogP contribution in [0.4, 0.5) is 0 Å². The maximum absolute atomic E-state index is 2.46. The zero-order valence-electron chi connectivity index (χ0n) is 10.4. The van der Waals surface area contributed by atoms with Gasteiger partial charge < -0.3 is 0 Å². The molecule has 0 aromatic carbocycles. The van der Waals surface area contributed by atoms with Gasteiger partial charge in [0.05, 0.1) is 0 Å². The quantitative estimate of drug-likeness (QED) is 0.559. The summed E-state index contributed by atoms with van der Waals surface area (Å²) in [6.07, 6.45) is 11.7. The molecule has 0 heteroatoms. The van der Waals surface area contributed by atoms with E-state index in [-0.39, 0.29) is 0 Å². The van der Waals surface area contributed by atoms with Crippen LogP contribution in [-0.4, -0.2) is 0 Å². The average molecular weight is 196 g/mol. The normalized spacial score (nSPS) is 29.4. The largest absolute Gasteiger partial charge is 0.0654 e. The molecule has 0 aromatic rings. The Morgan fingerprint density at radius 3 is 2.50 bits per heavy atom. The number of unbranched alkanes of at least 4 members (excludes halogenated alkanes) is 1. The van der Waals surface area contributed by atoms with Crippen molar-refractivity contribution in [2.24, 2.45) is 17.8 Å². The van der Waals surface area contributed by atoms with Crippen LogP contribution in [0.2, 0.25) is 0 Å². The molecule has 0 saturated heterocycles. The maximum Gasteiger partial charge on any atom is -0.0383 e. The minimum absolute atomic E-state index is 0.979. The smallest absolute Gasteiger partial charge is 0.0383 e. The lowest BCUT2D eigenvalue weighted by Crippen LogP contribution is -2.11. The van der Waals surface area contributed by atoms with Gasteiger partial charge in [-0.15, -0.1) is 0 Å². The molecule has 1 rings (SSSR count). The molecule has 0 aromatic heterocycles. The molecule has 1 saturated carbocycles. The van der Waals surface area contributed by atoms with E-state index in [0.29, 0.717) is 0 Å². The molecule has 84 valence electrons. The van der Waals surface area contributed by atoms with Crippen molar-refractivity contribution in [3.63, 3.8) is 0 Å². The van der Waals surface area contributed by atoms with Crippen LogP contribution in [0.3, 0.4) is 0 Å². The summed E-state index contributed by atoms with van der Waals surface area (Å²) in [4.78, 5) is 0. The molecule has 0 N–H and O–H groups in total. The Balaban J connectivity index is 2.21. The molecule has 0 spiro atoms. The number of rotatable bonds is 6. The fourth-order valence-corrected chi connectivity index (χ4v) is 3.15. The van der Waals surface area contributed by atoms with Crippen LogP contribution >= 0.6 is 0 Å². The topological polar surface area (TPSA) is 0 Å². The van der Waals surface area contributed by atoms with Crippen molar-refractivity contribution in [2.75, 3.05) is 0 Å². The first-order valence-electron chi connectivity index (χ1n) is 6.77. The monoisotopic (exact) mass is 196 g/mol. The number of hydrogen-bond acceptors (Lipinski definition) is 0. The SMILES string of the molecule is CCCCC(C)CC1CCCC1CC. The predicted octanol–water partition coefficient (Wildman–Crippen LogP) is 5.03. The highest BCUT2D eigenvalue weighted by Crippen LogP contribution is 2.38. The third-order valence-electron chi connectivity index (χ3n) is 4.10. The van der Waals surface area contributed by atoms with Gasteiger partial charge in [0.15, 0.2) is 0 Å². The first-order chi connectivity index (χ1) is 6.77. The van der Waals surface area contributed by atoms with Crippen molar-refractivity contribution in [3.05, 3.63) is 0 Å². The van der Waals surface area contributed by atoms with E-state index in [0.717, 1.165) is 17.8 Å². The maximum atomic E-state index is 2.46. The average Bonchev–Trinajstić information content (AvgIpc) is 2.62. The van der Waals surface area contributed by atoms with Gasteiger partial charge >= 0.3 is 0 Å². The zero-order valence-corrected chi connectivity index (χ0v) is 10.4. The summed E-state index contributed by atoms with van der Waals surface area (Å²) in [5.41, 5.74) is 0. The molecule has 3 atom stereocenters. The molecule has 1 aliphatic carbocycles. The second-order valence-electron chi connectivity index (χ2n) is 5.34. The summed E-state index contributed by atoms with van der Waals surface area (Å²) < 4.78 is 0. The molecule has 0 amide bonds. The van der Waals surface area contributed by atoms with Crippen molar-refractivity contribution < 1.29 is 0 Å². The summed E-state index contributed by atoms with van der Waals surface area (Å²) in [7, 11) is 0. The fourth-order valence-electron chi connectivity index (χ4n) is 3.15. The lowest BCUT2D eigenvalue weighted by Gasteiger charge is -2.21. The summed E-state index contributed by atoms with van der Waals surface area (Å²) in [6.45, 7) is 7.14. The molecule has 0 radical (unpaired) electrons. The summed E-state index contributed by atoms with van der Waals surface area (Å²) >= 11 is 0. The van der Waals surface area contributed by atoms with Crippen LogP contribution in [0.5, 0.6) is 0 Å². The van der Waals surface area contributed by atoms with Crippen molar-refractivity contribution in [3.8, 4) is 0 Å². The molecule has 14 heavy (non-hydrogen) atoms. The Bertz CT molecular complexity index is 139. The van der Waals surface area contributed by atoms with Crippen molar-refractivity contribution in [1.29, 1.82) is 0 Å². The van der Waals surface area contributed by atoms with Gasteiger partial charge in [-0.25, -0.2) is 0 Å². The highest BCUT2D eigenvalue weighted by Gasteiger charge is 2.26. The fraction of sp³-hybridized carbons (Fsp3) is 1.00. The highest BCUT2D eigenvalue weighted by molar-refractivity contribution is 4.77. The van der Waals surface area contributed by atoms with Crippen LogP contribution in [0.1, 0.15) is 72.1 Å². The van der Waals surface area contributed by atoms with E-state index in [9.17, 15) is 0 Å². The van der Waals surface area contributed by atoms with Gasteiger partial charge in [0.2, 0.25) is 0 Å². The first-order valence-corrected chi connectivity index (χ1v) is 6.77. The van der Waals surface area contributed by atoms with E-state index in [1.165, 1.54) is 51.4 Å². The molecular weight excluding hydrogens is 168 g/mol. The van der Waals surface area contributed by atoms with Gasteiger partial charge in [-0.05, 0) is 24.2 Å². The van der Waals surface area contributed by atoms with Gasteiger partial charge in [0.25, 0.3) is 0 Å². The van der Waals surface area contributed by atoms with E-state index < -0.39 is 0 Å². The van der Waals surface area contributed by atoms with Crippen LogP contribution in [-0.2, 0) is 0 Å². The second-order valence-corrected chi connectivity index (χ2v) is 5.34. The molecule has 3 unspecified atom stereocenters. The van der Waals surface area contributed by atoms with Crippen LogP contribution in [0.15, 0.2) is 0 Å². The first kappa shape index (κ1) is 12.1. The van der Waals surface area contributed by atoms with Gasteiger partial charge in [0.1, 0.15) is 0 Å². The Kier molecular flexibility index (Phi) is 5.59. The molecular formula is C14H28. The minimum atomic E-state index is 0.979. The van der Waals surface area contributed by atoms with E-state index >= 15 is 0 Å². The van der Waals surface area contributed by atoms with Crippen LogP contribution in [0, 0.1) is 17.8 Å². The van der Waals surface area contributed by atoms with Gasteiger partial charge in [-0.1, -0.05) is 65.7 Å². The second kappa shape index (κ2) is 6.48. The van der Waals surface area contributed by atoms with E-state index in [2.05, 4.69) is 20.8 Å². The Morgan fingerprint density at radius 1 is 1.14 bits per heavy atom. The summed E-state index contributed by atoms with van der Waals surface area (Å²) in [6, 6.07) is 0. The summed E-state index contributed by atoms with van der Waals surface area (Å²) in [5, 5.41) is 0. The minimum Gasteiger partial charge on any atom is -0.0654 e. The number of hydrogen-bond donors (Lipinski definition) is 0. The van der Waals surface area contributed by atoms with Gasteiger partial charge in [-0.3, -0.25) is 0 Å². The third-order valence-corrected chi connectivity index (χ3v) is 4.10. The predicted molar refractivity (Wildman–Crippen MR) is 64.4 cm³/mol.